The van der Waals surface area contributed by atoms with Crippen LogP contribution in [0, 0.1) is 0 Å². The van der Waals surface area contributed by atoms with E-state index < -0.39 is 0 Å². The molecular weight excluding hydrogens is 96.1 g/mol. The Labute approximate surface area is 42.2 Å². The first kappa shape index (κ1) is 5.56. The van der Waals surface area contributed by atoms with Crippen molar-refractivity contribution < 1.29 is 0 Å². The molecule has 34 valence electrons. The summed E-state index contributed by atoms with van der Waals surface area (Å²) in [5.41, 5.74) is 3.80. The van der Waals surface area contributed by atoms with Gasteiger partial charge in [-0.25, -0.2) is 0 Å². The van der Waals surface area contributed by atoms with Crippen molar-refractivity contribution in [3.63, 3.8) is 0 Å². The average molecular weight is 102 g/mol. The molecule has 0 fully saturated rings. The van der Waals surface area contributed by atoms with Crippen LogP contribution in [0.15, 0.2) is 5.10 Å². The molecule has 0 saturated carbocycles. The van der Waals surface area contributed by atoms with Gasteiger partial charge in [0.15, 0.2) is 0 Å². The summed E-state index contributed by atoms with van der Waals surface area (Å²) in [6.07, 6.45) is 1.63. The normalized spacial score (nSPS) is 8.83. The van der Waals surface area contributed by atoms with Gasteiger partial charge >= 0.3 is 0 Å². The quantitative estimate of drug-likeness (QED) is 0.312. The molecule has 0 atom stereocenters. The molecular formula is C3H6N2S. The molecule has 0 aromatic carbocycles. The van der Waals surface area contributed by atoms with Crippen LogP contribution in [0.1, 0.15) is 6.92 Å². The maximum absolute atomic E-state index is 4.37. The minimum Gasteiger partial charge on any atom is -0.275 e. The van der Waals surface area contributed by atoms with Crippen LogP contribution in [0.3, 0.4) is 0 Å². The van der Waals surface area contributed by atoms with Gasteiger partial charge in [0.25, 0.3) is 0 Å². The molecule has 3 heteroatoms. The van der Waals surface area contributed by atoms with Gasteiger partial charge in [0.05, 0.1) is 5.49 Å². The molecule has 1 N–H and O–H groups in total. The third-order valence-corrected chi connectivity index (χ3v) is 0.362. The Kier molecular flexibility index (Phi) is 4.23. The van der Waals surface area contributed by atoms with Gasteiger partial charge in [0.2, 0.25) is 0 Å². The summed E-state index contributed by atoms with van der Waals surface area (Å²) in [7, 11) is 0. The van der Waals surface area contributed by atoms with E-state index in [1.165, 1.54) is 5.49 Å². The lowest BCUT2D eigenvalue weighted by molar-refractivity contribution is 1.08. The predicted molar refractivity (Wildman–Crippen MR) is 31.0 cm³/mol. The minimum absolute atomic E-state index is 1.35. The molecule has 0 aliphatic heterocycles. The van der Waals surface area contributed by atoms with E-state index >= 15 is 0 Å². The lowest BCUT2D eigenvalue weighted by atomic mass is 10.9. The van der Waals surface area contributed by atoms with Crippen LogP contribution in [0.5, 0.6) is 0 Å². The van der Waals surface area contributed by atoms with Crippen molar-refractivity contribution in [2.24, 2.45) is 5.10 Å². The topological polar surface area (TPSA) is 24.4 Å². The van der Waals surface area contributed by atoms with Gasteiger partial charge in [-0.05, 0) is 6.92 Å². The van der Waals surface area contributed by atoms with Crippen LogP contribution in [0.2, 0.25) is 0 Å². The first-order valence-corrected chi connectivity index (χ1v) is 2.05. The molecule has 0 amide bonds. The molecule has 2 nitrogen and oxygen atoms in total. The van der Waals surface area contributed by atoms with Crippen molar-refractivity contribution in [2.75, 3.05) is 0 Å². The van der Waals surface area contributed by atoms with E-state index in [4.69, 9.17) is 0 Å². The smallest absolute Gasteiger partial charge is 0.0829 e. The second kappa shape index (κ2) is 4.56. The van der Waals surface area contributed by atoms with Crippen LogP contribution in [-0.2, 0) is 0 Å². The highest BCUT2D eigenvalue weighted by atomic mass is 32.1. The van der Waals surface area contributed by atoms with Crippen LogP contribution in [0.4, 0.5) is 0 Å². The zero-order valence-electron chi connectivity index (χ0n) is 3.51. The van der Waals surface area contributed by atoms with Gasteiger partial charge in [-0.2, -0.15) is 5.10 Å². The SMILES string of the molecule is C/C=N\NC=S. The van der Waals surface area contributed by atoms with Gasteiger partial charge in [-0.3, -0.25) is 5.43 Å². The second-order valence-corrected chi connectivity index (χ2v) is 0.870. The van der Waals surface area contributed by atoms with E-state index in [2.05, 4.69) is 22.7 Å². The number of nitrogens with zero attached hydrogens (tertiary/aromatic N) is 1. The van der Waals surface area contributed by atoms with Crippen molar-refractivity contribution in [3.05, 3.63) is 0 Å². The fourth-order valence-electron chi connectivity index (χ4n) is 0.105. The van der Waals surface area contributed by atoms with Crippen molar-refractivity contribution in [1.82, 2.24) is 5.43 Å². The Morgan fingerprint density at radius 2 is 2.50 bits per heavy atom. The van der Waals surface area contributed by atoms with E-state index in [0.29, 0.717) is 0 Å². The lowest BCUT2D eigenvalue weighted by Gasteiger charge is -1.77. The molecule has 0 spiro atoms. The Bertz CT molecular complexity index is 59.8. The third kappa shape index (κ3) is 3.56. The van der Waals surface area contributed by atoms with Crippen molar-refractivity contribution in [3.8, 4) is 0 Å². The zero-order valence-corrected chi connectivity index (χ0v) is 4.33. The fraction of sp³-hybridized carbons (Fsp3) is 0.333. The minimum atomic E-state index is 1.35. The molecule has 0 aromatic rings. The number of hydrazone groups is 1. The highest BCUT2D eigenvalue weighted by molar-refractivity contribution is 7.78. The molecule has 6 heavy (non-hydrogen) atoms. The molecule has 0 unspecified atom stereocenters. The lowest BCUT2D eigenvalue weighted by Crippen LogP contribution is -1.96. The van der Waals surface area contributed by atoms with Gasteiger partial charge in [-0.15, -0.1) is 0 Å². The summed E-state index contributed by atoms with van der Waals surface area (Å²) in [6.45, 7) is 1.81. The van der Waals surface area contributed by atoms with Crippen LogP contribution < -0.4 is 5.43 Å². The highest BCUT2D eigenvalue weighted by Crippen LogP contribution is 1.47. The van der Waals surface area contributed by atoms with Gasteiger partial charge in [0.1, 0.15) is 0 Å². The molecule has 0 radical (unpaired) electrons. The first-order chi connectivity index (χ1) is 2.91. The van der Waals surface area contributed by atoms with Gasteiger partial charge in [-0.1, -0.05) is 12.2 Å². The maximum atomic E-state index is 4.37. The van der Waals surface area contributed by atoms with E-state index in [1.807, 2.05) is 6.92 Å². The van der Waals surface area contributed by atoms with E-state index in [0.717, 1.165) is 0 Å². The fourth-order valence-corrected chi connectivity index (χ4v) is 0.166. The van der Waals surface area contributed by atoms with Crippen molar-refractivity contribution in [1.29, 1.82) is 0 Å². The maximum Gasteiger partial charge on any atom is 0.0829 e. The van der Waals surface area contributed by atoms with Gasteiger partial charge < -0.3 is 0 Å². The Hall–Kier alpha value is -0.440. The average Bonchev–Trinajstić information content (AvgIpc) is 1.61. The molecule has 0 aliphatic rings. The Balaban J connectivity index is 2.85. The van der Waals surface area contributed by atoms with Crippen molar-refractivity contribution >= 4 is 23.9 Å². The Morgan fingerprint density at radius 3 is 2.67 bits per heavy atom. The molecule has 0 aliphatic carbocycles. The molecule has 0 bridgehead atoms. The van der Waals surface area contributed by atoms with E-state index in [1.54, 1.807) is 6.21 Å². The number of hydrogen-bond acceptors (Lipinski definition) is 2. The molecule has 0 saturated heterocycles. The molecule has 0 aromatic heterocycles. The largest absolute Gasteiger partial charge is 0.275 e. The van der Waals surface area contributed by atoms with Crippen LogP contribution in [-0.4, -0.2) is 11.7 Å². The summed E-state index contributed by atoms with van der Waals surface area (Å²) in [4.78, 5) is 0. The van der Waals surface area contributed by atoms with Crippen LogP contribution in [0.25, 0.3) is 0 Å². The zero-order chi connectivity index (χ0) is 4.83. The number of thiocarbonyl (C=S) groups is 1. The summed E-state index contributed by atoms with van der Waals surface area (Å²) in [5.74, 6) is 0. The monoisotopic (exact) mass is 102 g/mol. The third-order valence-electron chi connectivity index (χ3n) is 0.256. The summed E-state index contributed by atoms with van der Waals surface area (Å²) in [6, 6.07) is 0. The number of rotatable bonds is 2. The van der Waals surface area contributed by atoms with Crippen LogP contribution >= 0.6 is 12.2 Å². The summed E-state index contributed by atoms with van der Waals surface area (Å²) >= 11 is 4.37. The van der Waals surface area contributed by atoms with Crippen molar-refractivity contribution in [2.45, 2.75) is 6.92 Å². The molecule has 0 rings (SSSR count). The predicted octanol–water partition coefficient (Wildman–Crippen LogP) is 0.539. The second-order valence-electron chi connectivity index (χ2n) is 0.634. The number of nitrogens with one attached hydrogen (secondary N) is 1. The first-order valence-electron chi connectivity index (χ1n) is 1.58. The Morgan fingerprint density at radius 1 is 1.83 bits per heavy atom. The standard InChI is InChI=1S/C3H6N2S/c1-2-4-5-3-6/h2-3H,1H3,(H,5,6)/b4-2-. The summed E-state index contributed by atoms with van der Waals surface area (Å²) < 4.78 is 0. The van der Waals surface area contributed by atoms with E-state index in [-0.39, 0.29) is 0 Å². The number of hydrogen-bond donors (Lipinski definition) is 1. The molecule has 0 heterocycles. The van der Waals surface area contributed by atoms with E-state index in [9.17, 15) is 0 Å². The highest BCUT2D eigenvalue weighted by Gasteiger charge is 1.52. The summed E-state index contributed by atoms with van der Waals surface area (Å²) in [5, 5.41) is 3.56. The van der Waals surface area contributed by atoms with Gasteiger partial charge in [0, 0.05) is 6.21 Å².